The van der Waals surface area contributed by atoms with E-state index in [9.17, 15) is 0 Å². The summed E-state index contributed by atoms with van der Waals surface area (Å²) in [4.78, 5) is 2.58. The number of piperidine rings is 1. The van der Waals surface area contributed by atoms with Crippen molar-refractivity contribution in [1.29, 1.82) is 0 Å². The molecule has 0 unspecified atom stereocenters. The molecular formula is C27H35NO. The lowest BCUT2D eigenvalue weighted by atomic mass is 9.90. The van der Waals surface area contributed by atoms with E-state index in [1.807, 2.05) is 0 Å². The highest BCUT2D eigenvalue weighted by molar-refractivity contribution is 5.57. The zero-order valence-electron chi connectivity index (χ0n) is 17.6. The Morgan fingerprint density at radius 3 is 2.34 bits per heavy atom. The summed E-state index contributed by atoms with van der Waals surface area (Å²) in [5.41, 5.74) is 2.65. The van der Waals surface area contributed by atoms with E-state index in [0.717, 1.165) is 24.8 Å². The summed E-state index contributed by atoms with van der Waals surface area (Å²) in [5, 5.41) is 0. The molecule has 2 aromatic carbocycles. The fourth-order valence-electron chi connectivity index (χ4n) is 4.70. The first-order chi connectivity index (χ1) is 14.4. The average Bonchev–Trinajstić information content (AvgIpc) is 2.79. The second-order valence-electron chi connectivity index (χ2n) is 8.81. The van der Waals surface area contributed by atoms with Gasteiger partial charge in [-0.15, -0.1) is 0 Å². The maximum atomic E-state index is 6.24. The van der Waals surface area contributed by atoms with Crippen LogP contribution in [0, 0.1) is 11.8 Å². The molecule has 1 saturated heterocycles. The van der Waals surface area contributed by atoms with Crippen LogP contribution in [-0.2, 0) is 6.54 Å². The van der Waals surface area contributed by atoms with Crippen molar-refractivity contribution in [1.82, 2.24) is 4.90 Å². The number of nitrogens with zero attached hydrogens (tertiary/aromatic N) is 1. The molecular weight excluding hydrogens is 354 g/mol. The zero-order valence-corrected chi connectivity index (χ0v) is 17.6. The van der Waals surface area contributed by atoms with Gasteiger partial charge in [0.25, 0.3) is 0 Å². The first-order valence-electron chi connectivity index (χ1n) is 11.5. The molecule has 0 amide bonds. The van der Waals surface area contributed by atoms with Gasteiger partial charge in [-0.05, 0) is 62.2 Å². The molecule has 1 aliphatic heterocycles. The third-order valence-electron chi connectivity index (χ3n) is 6.55. The highest BCUT2D eigenvalue weighted by atomic mass is 16.5. The number of ether oxygens (including phenoxy) is 1. The Hall–Kier alpha value is -2.06. The van der Waals surface area contributed by atoms with Crippen molar-refractivity contribution in [2.24, 2.45) is 11.8 Å². The molecule has 0 bridgehead atoms. The maximum absolute atomic E-state index is 6.24. The molecule has 29 heavy (non-hydrogen) atoms. The first kappa shape index (κ1) is 20.2. The molecule has 4 rings (SSSR count). The second kappa shape index (κ2) is 10.6. The quantitative estimate of drug-likeness (QED) is 0.531. The van der Waals surface area contributed by atoms with Crippen LogP contribution in [0.15, 0.2) is 60.7 Å². The van der Waals surface area contributed by atoms with Gasteiger partial charge in [0.2, 0.25) is 0 Å². The molecule has 2 fully saturated rings. The number of allylic oxidation sites excluding steroid dienone is 1. The minimum Gasteiger partial charge on any atom is -0.493 e. The van der Waals surface area contributed by atoms with Crippen molar-refractivity contribution in [2.75, 3.05) is 19.7 Å². The van der Waals surface area contributed by atoms with E-state index in [1.54, 1.807) is 0 Å². The van der Waals surface area contributed by atoms with Crippen LogP contribution in [-0.4, -0.2) is 24.6 Å². The predicted molar refractivity (Wildman–Crippen MR) is 122 cm³/mol. The van der Waals surface area contributed by atoms with E-state index in [2.05, 4.69) is 71.6 Å². The number of likely N-dealkylation sites (tertiary alicyclic amines) is 1. The van der Waals surface area contributed by atoms with Crippen molar-refractivity contribution in [2.45, 2.75) is 51.5 Å². The Labute approximate surface area is 176 Å². The summed E-state index contributed by atoms with van der Waals surface area (Å²) in [6.07, 6.45) is 14.0. The minimum atomic E-state index is 0.674. The monoisotopic (exact) mass is 389 g/mol. The predicted octanol–water partition coefficient (Wildman–Crippen LogP) is 6.57. The molecule has 0 spiro atoms. The van der Waals surface area contributed by atoms with Gasteiger partial charge in [-0.2, -0.15) is 0 Å². The van der Waals surface area contributed by atoms with Crippen LogP contribution in [0.2, 0.25) is 0 Å². The van der Waals surface area contributed by atoms with Gasteiger partial charge in [-0.25, -0.2) is 0 Å². The average molecular weight is 390 g/mol. The molecule has 2 aliphatic rings. The van der Waals surface area contributed by atoms with Crippen LogP contribution in [0.3, 0.4) is 0 Å². The minimum absolute atomic E-state index is 0.674. The van der Waals surface area contributed by atoms with Gasteiger partial charge in [-0.1, -0.05) is 79.9 Å². The Bertz CT molecular complexity index is 755. The zero-order chi connectivity index (χ0) is 19.7. The number of hydrogen-bond donors (Lipinski definition) is 0. The van der Waals surface area contributed by atoms with Gasteiger partial charge in [0.05, 0.1) is 6.61 Å². The highest BCUT2D eigenvalue weighted by Crippen LogP contribution is 2.27. The largest absolute Gasteiger partial charge is 0.493 e. The lowest BCUT2D eigenvalue weighted by Crippen LogP contribution is -2.32. The molecule has 0 atom stereocenters. The summed E-state index contributed by atoms with van der Waals surface area (Å²) < 4.78 is 6.24. The Balaban J connectivity index is 1.27. The van der Waals surface area contributed by atoms with E-state index in [-0.39, 0.29) is 0 Å². The van der Waals surface area contributed by atoms with E-state index in [4.69, 9.17) is 4.74 Å². The molecule has 0 aromatic heterocycles. The van der Waals surface area contributed by atoms with Crippen LogP contribution in [0.25, 0.3) is 6.08 Å². The molecule has 1 aliphatic carbocycles. The first-order valence-corrected chi connectivity index (χ1v) is 11.5. The third kappa shape index (κ3) is 6.21. The topological polar surface area (TPSA) is 12.5 Å². The number of rotatable bonds is 7. The molecule has 0 radical (unpaired) electrons. The SMILES string of the molecule is C(=CC1CCN(Cc2ccccc2)CC1)c1ccccc1OCC1CCCCC1. The summed E-state index contributed by atoms with van der Waals surface area (Å²) in [5.74, 6) is 2.47. The normalized spacial score (nSPS) is 19.6. The van der Waals surface area contributed by atoms with Gasteiger partial charge in [0.15, 0.2) is 0 Å². The smallest absolute Gasteiger partial charge is 0.126 e. The highest BCUT2D eigenvalue weighted by Gasteiger charge is 2.18. The van der Waals surface area contributed by atoms with Crippen LogP contribution >= 0.6 is 0 Å². The van der Waals surface area contributed by atoms with Gasteiger partial charge < -0.3 is 4.74 Å². The van der Waals surface area contributed by atoms with Crippen LogP contribution in [0.5, 0.6) is 5.75 Å². The molecule has 154 valence electrons. The molecule has 1 heterocycles. The van der Waals surface area contributed by atoms with Crippen molar-refractivity contribution in [3.8, 4) is 5.75 Å². The summed E-state index contributed by atoms with van der Waals surface area (Å²) in [6.45, 7) is 4.32. The lowest BCUT2D eigenvalue weighted by Gasteiger charge is -2.30. The molecule has 2 nitrogen and oxygen atoms in total. The van der Waals surface area contributed by atoms with E-state index < -0.39 is 0 Å². The Kier molecular flexibility index (Phi) is 7.42. The molecule has 2 heteroatoms. The van der Waals surface area contributed by atoms with Gasteiger partial charge in [0.1, 0.15) is 5.75 Å². The van der Waals surface area contributed by atoms with E-state index in [0.29, 0.717) is 5.92 Å². The Morgan fingerprint density at radius 1 is 0.828 bits per heavy atom. The Morgan fingerprint density at radius 2 is 1.55 bits per heavy atom. The third-order valence-corrected chi connectivity index (χ3v) is 6.55. The van der Waals surface area contributed by atoms with Gasteiger partial charge in [0, 0.05) is 12.1 Å². The van der Waals surface area contributed by atoms with Crippen LogP contribution in [0.4, 0.5) is 0 Å². The van der Waals surface area contributed by atoms with E-state index in [1.165, 1.54) is 69.2 Å². The van der Waals surface area contributed by atoms with Crippen molar-refractivity contribution in [3.05, 3.63) is 71.8 Å². The number of benzene rings is 2. The van der Waals surface area contributed by atoms with Crippen LogP contribution in [0.1, 0.15) is 56.1 Å². The number of para-hydroxylation sites is 1. The standard InChI is InChI=1S/C27H35NO/c1-3-9-24(10-4-1)21-28-19-17-23(18-20-28)15-16-26-13-7-8-14-27(26)29-22-25-11-5-2-6-12-25/h1,3-4,7-10,13-16,23,25H,2,5-6,11-12,17-22H2. The van der Waals surface area contributed by atoms with Crippen molar-refractivity contribution < 1.29 is 4.74 Å². The van der Waals surface area contributed by atoms with Crippen LogP contribution < -0.4 is 4.74 Å². The summed E-state index contributed by atoms with van der Waals surface area (Å²) >= 11 is 0. The fourth-order valence-corrected chi connectivity index (χ4v) is 4.70. The fraction of sp³-hybridized carbons (Fsp3) is 0.481. The number of hydrogen-bond acceptors (Lipinski definition) is 2. The van der Waals surface area contributed by atoms with Crippen molar-refractivity contribution in [3.63, 3.8) is 0 Å². The van der Waals surface area contributed by atoms with E-state index >= 15 is 0 Å². The molecule has 1 saturated carbocycles. The van der Waals surface area contributed by atoms with Gasteiger partial charge >= 0.3 is 0 Å². The molecule has 0 N–H and O–H groups in total. The molecule has 2 aromatic rings. The summed E-state index contributed by atoms with van der Waals surface area (Å²) in [7, 11) is 0. The maximum Gasteiger partial charge on any atom is 0.126 e. The summed E-state index contributed by atoms with van der Waals surface area (Å²) in [6, 6.07) is 19.4. The lowest BCUT2D eigenvalue weighted by molar-refractivity contribution is 0.196. The second-order valence-corrected chi connectivity index (χ2v) is 8.81. The van der Waals surface area contributed by atoms with Crippen molar-refractivity contribution >= 4 is 6.08 Å². The van der Waals surface area contributed by atoms with Gasteiger partial charge in [-0.3, -0.25) is 4.90 Å².